The zero-order valence-corrected chi connectivity index (χ0v) is 22.8. The summed E-state index contributed by atoms with van der Waals surface area (Å²) in [4.78, 5) is 18.6. The number of rotatable bonds is 10. The lowest BCUT2D eigenvalue weighted by atomic mass is 10.0. The first-order valence-electron chi connectivity index (χ1n) is 13.1. The number of aryl methyl sites for hydroxylation is 1. The van der Waals surface area contributed by atoms with Crippen LogP contribution < -0.4 is 10.3 Å². The van der Waals surface area contributed by atoms with Gasteiger partial charge in [0.2, 0.25) is 0 Å². The first-order valence-corrected chi connectivity index (χ1v) is 13.1. The van der Waals surface area contributed by atoms with E-state index in [0.29, 0.717) is 18.7 Å². The summed E-state index contributed by atoms with van der Waals surface area (Å²) in [6, 6.07) is 16.3. The Morgan fingerprint density at radius 1 is 1.11 bits per heavy atom. The molecule has 196 valence electrons. The Morgan fingerprint density at radius 3 is 2.62 bits per heavy atom. The smallest absolute Gasteiger partial charge is 0.252 e. The van der Waals surface area contributed by atoms with Crippen molar-refractivity contribution in [2.75, 3.05) is 13.2 Å². The van der Waals surface area contributed by atoms with Crippen molar-refractivity contribution in [1.82, 2.24) is 30.1 Å². The minimum Gasteiger partial charge on any atom is -0.494 e. The van der Waals surface area contributed by atoms with Crippen molar-refractivity contribution in [1.29, 1.82) is 0 Å². The molecule has 8 nitrogen and oxygen atoms in total. The van der Waals surface area contributed by atoms with Crippen LogP contribution in [0.15, 0.2) is 53.3 Å². The molecule has 0 aliphatic heterocycles. The maximum absolute atomic E-state index is 13.2. The fraction of sp³-hybridized carbons (Fsp3) is 0.448. The predicted octanol–water partition coefficient (Wildman–Crippen LogP) is 5.17. The van der Waals surface area contributed by atoms with Crippen LogP contribution in [0.5, 0.6) is 5.75 Å². The highest BCUT2D eigenvalue weighted by molar-refractivity contribution is 5.80. The molecule has 0 aliphatic rings. The van der Waals surface area contributed by atoms with Gasteiger partial charge in [0.1, 0.15) is 5.75 Å². The maximum Gasteiger partial charge on any atom is 0.252 e. The van der Waals surface area contributed by atoms with Gasteiger partial charge in [-0.25, -0.2) is 4.68 Å². The summed E-state index contributed by atoms with van der Waals surface area (Å²) in [6.07, 6.45) is 1.67. The number of tetrazole rings is 1. The van der Waals surface area contributed by atoms with Gasteiger partial charge in [0.15, 0.2) is 5.82 Å². The fourth-order valence-corrected chi connectivity index (χ4v) is 4.79. The third kappa shape index (κ3) is 6.25. The van der Waals surface area contributed by atoms with Gasteiger partial charge in [-0.05, 0) is 87.7 Å². The van der Waals surface area contributed by atoms with Crippen molar-refractivity contribution in [3.63, 3.8) is 0 Å². The highest BCUT2D eigenvalue weighted by atomic mass is 16.5. The fourth-order valence-electron chi connectivity index (χ4n) is 4.79. The van der Waals surface area contributed by atoms with E-state index in [9.17, 15) is 4.79 Å². The van der Waals surface area contributed by atoms with E-state index >= 15 is 0 Å². The number of ether oxygens (including phenoxy) is 1. The van der Waals surface area contributed by atoms with Gasteiger partial charge in [-0.15, -0.1) is 5.10 Å². The molecule has 4 aromatic rings. The molecule has 2 heterocycles. The maximum atomic E-state index is 13.2. The molecular formula is C29H38N6O2. The summed E-state index contributed by atoms with van der Waals surface area (Å²) < 4.78 is 7.59. The van der Waals surface area contributed by atoms with Gasteiger partial charge in [-0.1, -0.05) is 36.8 Å². The molecule has 37 heavy (non-hydrogen) atoms. The van der Waals surface area contributed by atoms with Crippen molar-refractivity contribution in [3.8, 4) is 5.75 Å². The van der Waals surface area contributed by atoms with Crippen LogP contribution in [0.3, 0.4) is 0 Å². The van der Waals surface area contributed by atoms with Gasteiger partial charge < -0.3 is 9.72 Å². The second-order valence-corrected chi connectivity index (χ2v) is 10.6. The Balaban J connectivity index is 1.72. The quantitative estimate of drug-likeness (QED) is 0.322. The molecule has 4 rings (SSSR count). The van der Waals surface area contributed by atoms with E-state index in [4.69, 9.17) is 4.74 Å². The lowest BCUT2D eigenvalue weighted by Crippen LogP contribution is -2.36. The number of fused-ring (bicyclic) bond motifs is 1. The molecule has 8 heteroatoms. The SMILES string of the molecule is CCOc1ccc2[nH]c(=O)c(CN(CCc3cccc(C)c3)C(CC)c3nnnn3C(C)(C)C)cc2c1. The molecule has 0 saturated carbocycles. The Hall–Kier alpha value is -3.52. The summed E-state index contributed by atoms with van der Waals surface area (Å²) in [5.74, 6) is 1.61. The monoisotopic (exact) mass is 502 g/mol. The van der Waals surface area contributed by atoms with E-state index in [2.05, 4.69) is 84.3 Å². The topological polar surface area (TPSA) is 88.9 Å². The zero-order valence-electron chi connectivity index (χ0n) is 22.8. The molecule has 0 spiro atoms. The molecule has 1 unspecified atom stereocenters. The van der Waals surface area contributed by atoms with Crippen LogP contribution in [-0.2, 0) is 18.5 Å². The number of H-pyrrole nitrogens is 1. The Morgan fingerprint density at radius 2 is 1.92 bits per heavy atom. The number of hydrogen-bond donors (Lipinski definition) is 1. The third-order valence-corrected chi connectivity index (χ3v) is 6.60. The van der Waals surface area contributed by atoms with E-state index in [1.165, 1.54) is 11.1 Å². The number of hydrogen-bond acceptors (Lipinski definition) is 6. The van der Waals surface area contributed by atoms with Gasteiger partial charge in [0.25, 0.3) is 5.56 Å². The standard InChI is InChI=1S/C29H38N6O2/c1-7-26(27-31-32-33-35(27)29(4,5)6)34(15-14-21-11-9-10-20(3)16-21)19-23-17-22-18-24(37-8-2)12-13-25(22)30-28(23)36/h9-13,16-18,26H,7-8,14-15,19H2,1-6H3,(H,30,36). The normalized spacial score (nSPS) is 12.8. The number of nitrogens with zero attached hydrogens (tertiary/aromatic N) is 5. The lowest BCUT2D eigenvalue weighted by molar-refractivity contribution is 0.163. The molecule has 0 aliphatic carbocycles. The van der Waals surface area contributed by atoms with Crippen molar-refractivity contribution < 1.29 is 4.74 Å². The summed E-state index contributed by atoms with van der Waals surface area (Å²) in [7, 11) is 0. The van der Waals surface area contributed by atoms with Crippen molar-refractivity contribution >= 4 is 10.9 Å². The second kappa shape index (κ2) is 11.3. The van der Waals surface area contributed by atoms with Crippen LogP contribution in [-0.4, -0.2) is 43.2 Å². The molecule has 0 fully saturated rings. The molecule has 1 N–H and O–H groups in total. The first kappa shape index (κ1) is 26.5. The highest BCUT2D eigenvalue weighted by Crippen LogP contribution is 2.28. The van der Waals surface area contributed by atoms with Crippen molar-refractivity contribution in [3.05, 3.63) is 81.4 Å². The Kier molecular flexibility index (Phi) is 8.07. The van der Waals surface area contributed by atoms with Gasteiger partial charge in [-0.2, -0.15) is 0 Å². The van der Waals surface area contributed by atoms with Crippen LogP contribution >= 0.6 is 0 Å². The summed E-state index contributed by atoms with van der Waals surface area (Å²) in [5.41, 5.74) is 3.67. The van der Waals surface area contributed by atoms with E-state index in [1.807, 2.05) is 35.9 Å². The molecule has 0 amide bonds. The summed E-state index contributed by atoms with van der Waals surface area (Å²) in [6.45, 7) is 14.3. The lowest BCUT2D eigenvalue weighted by Gasteiger charge is -2.32. The third-order valence-electron chi connectivity index (χ3n) is 6.60. The molecule has 0 radical (unpaired) electrons. The Labute approximate surface area is 218 Å². The number of nitrogens with one attached hydrogen (secondary N) is 1. The molecule has 0 saturated heterocycles. The largest absolute Gasteiger partial charge is 0.494 e. The van der Waals surface area contributed by atoms with Gasteiger partial charge in [-0.3, -0.25) is 9.69 Å². The van der Waals surface area contributed by atoms with E-state index in [-0.39, 0.29) is 17.1 Å². The average molecular weight is 503 g/mol. The van der Waals surface area contributed by atoms with Crippen LogP contribution in [0.4, 0.5) is 0 Å². The van der Waals surface area contributed by atoms with Crippen molar-refractivity contribution in [2.24, 2.45) is 0 Å². The highest BCUT2D eigenvalue weighted by Gasteiger charge is 2.29. The Bertz CT molecular complexity index is 1400. The van der Waals surface area contributed by atoms with Crippen LogP contribution in [0.25, 0.3) is 10.9 Å². The van der Waals surface area contributed by atoms with E-state index in [1.54, 1.807) is 0 Å². The minimum absolute atomic E-state index is 0.0520. The minimum atomic E-state index is -0.259. The van der Waals surface area contributed by atoms with Gasteiger partial charge >= 0.3 is 0 Å². The molecule has 2 aromatic heterocycles. The van der Waals surface area contributed by atoms with Gasteiger partial charge in [0.05, 0.1) is 18.2 Å². The van der Waals surface area contributed by atoms with Gasteiger partial charge in [0, 0.05) is 29.6 Å². The first-order chi connectivity index (χ1) is 17.7. The predicted molar refractivity (Wildman–Crippen MR) is 147 cm³/mol. The molecule has 0 bridgehead atoms. The summed E-state index contributed by atoms with van der Waals surface area (Å²) >= 11 is 0. The number of aromatic amines is 1. The summed E-state index contributed by atoms with van der Waals surface area (Å²) in [5, 5.41) is 13.7. The second-order valence-electron chi connectivity index (χ2n) is 10.6. The van der Waals surface area contributed by atoms with Crippen LogP contribution in [0.1, 0.15) is 69.6 Å². The number of pyridine rings is 1. The van der Waals surface area contributed by atoms with E-state index < -0.39 is 0 Å². The number of aromatic nitrogens is 5. The van der Waals surface area contributed by atoms with Crippen LogP contribution in [0, 0.1) is 6.92 Å². The van der Waals surface area contributed by atoms with E-state index in [0.717, 1.165) is 41.9 Å². The van der Waals surface area contributed by atoms with Crippen molar-refractivity contribution in [2.45, 2.75) is 72.5 Å². The molecule has 2 aromatic carbocycles. The van der Waals surface area contributed by atoms with Crippen LogP contribution in [0.2, 0.25) is 0 Å². The molecular weight excluding hydrogens is 464 g/mol. The molecule has 1 atom stereocenters. The number of benzene rings is 2. The average Bonchev–Trinajstić information content (AvgIpc) is 3.34. The zero-order chi connectivity index (χ0) is 26.6.